The van der Waals surface area contributed by atoms with E-state index < -0.39 is 0 Å². The first-order chi connectivity index (χ1) is 12.9. The Bertz CT molecular complexity index is 739. The number of carbonyl (C=O) groups excluding carboxylic acids is 2. The van der Waals surface area contributed by atoms with Gasteiger partial charge in [-0.2, -0.15) is 0 Å². The highest BCUT2D eigenvalue weighted by Crippen LogP contribution is 2.35. The zero-order valence-corrected chi connectivity index (χ0v) is 16.8. The van der Waals surface area contributed by atoms with Crippen molar-refractivity contribution in [3.05, 3.63) is 23.2 Å². The molecule has 1 aliphatic carbocycles. The second-order valence-electron chi connectivity index (χ2n) is 8.73. The van der Waals surface area contributed by atoms with Crippen LogP contribution in [0, 0.1) is 19.8 Å². The van der Waals surface area contributed by atoms with Crippen molar-refractivity contribution in [2.24, 2.45) is 5.92 Å². The van der Waals surface area contributed by atoms with Crippen molar-refractivity contribution in [3.63, 3.8) is 0 Å². The van der Waals surface area contributed by atoms with Crippen LogP contribution in [0.3, 0.4) is 0 Å². The molecule has 0 unspecified atom stereocenters. The second kappa shape index (κ2) is 6.97. The molecular formula is C21H31N3O3. The Kier molecular flexibility index (Phi) is 4.78. The predicted molar refractivity (Wildman–Crippen MR) is 103 cm³/mol. The third kappa shape index (κ3) is 3.64. The molecule has 1 aromatic rings. The molecule has 6 heteroatoms. The topological polar surface area (TPSA) is 57.0 Å². The summed E-state index contributed by atoms with van der Waals surface area (Å²) in [6.45, 7) is 7.72. The van der Waals surface area contributed by atoms with E-state index in [9.17, 15) is 9.59 Å². The van der Waals surface area contributed by atoms with Crippen molar-refractivity contribution in [2.75, 3.05) is 39.8 Å². The van der Waals surface area contributed by atoms with Gasteiger partial charge in [0.15, 0.2) is 0 Å². The minimum atomic E-state index is -0.103. The van der Waals surface area contributed by atoms with Crippen molar-refractivity contribution >= 4 is 11.8 Å². The van der Waals surface area contributed by atoms with E-state index in [-0.39, 0.29) is 17.4 Å². The van der Waals surface area contributed by atoms with Gasteiger partial charge < -0.3 is 14.2 Å². The molecule has 3 aliphatic rings. The maximum absolute atomic E-state index is 13.1. The molecular weight excluding hydrogens is 342 g/mol. The number of furan rings is 1. The molecule has 1 saturated carbocycles. The van der Waals surface area contributed by atoms with Gasteiger partial charge in [0.05, 0.1) is 5.56 Å². The van der Waals surface area contributed by atoms with Crippen LogP contribution < -0.4 is 0 Å². The molecule has 2 aliphatic heterocycles. The van der Waals surface area contributed by atoms with Crippen molar-refractivity contribution in [3.8, 4) is 0 Å². The molecule has 6 nitrogen and oxygen atoms in total. The number of amides is 2. The molecule has 3 fully saturated rings. The summed E-state index contributed by atoms with van der Waals surface area (Å²) in [5.41, 5.74) is 0.571. The average Bonchev–Trinajstić information content (AvgIpc) is 3.41. The summed E-state index contributed by atoms with van der Waals surface area (Å²) in [7, 11) is 2.15. The van der Waals surface area contributed by atoms with Crippen molar-refractivity contribution in [2.45, 2.75) is 51.5 Å². The van der Waals surface area contributed by atoms with E-state index in [1.54, 1.807) is 0 Å². The summed E-state index contributed by atoms with van der Waals surface area (Å²) in [5, 5.41) is 0. The van der Waals surface area contributed by atoms with Crippen LogP contribution in [-0.4, -0.2) is 71.8 Å². The lowest BCUT2D eigenvalue weighted by Gasteiger charge is -2.49. The van der Waals surface area contributed by atoms with Gasteiger partial charge in [0.2, 0.25) is 5.91 Å². The van der Waals surface area contributed by atoms with Crippen LogP contribution in [0.4, 0.5) is 0 Å². The van der Waals surface area contributed by atoms with Crippen LogP contribution in [0.15, 0.2) is 10.5 Å². The van der Waals surface area contributed by atoms with E-state index >= 15 is 0 Å². The summed E-state index contributed by atoms with van der Waals surface area (Å²) < 4.78 is 5.57. The van der Waals surface area contributed by atoms with Gasteiger partial charge >= 0.3 is 0 Å². The van der Waals surface area contributed by atoms with Gasteiger partial charge in [-0.3, -0.25) is 14.5 Å². The highest BCUT2D eigenvalue weighted by atomic mass is 16.3. The van der Waals surface area contributed by atoms with Gasteiger partial charge in [-0.05, 0) is 58.6 Å². The lowest BCUT2D eigenvalue weighted by atomic mass is 9.86. The number of hydrogen-bond donors (Lipinski definition) is 0. The van der Waals surface area contributed by atoms with Crippen LogP contribution >= 0.6 is 0 Å². The first kappa shape index (κ1) is 18.5. The molecule has 1 spiro atoms. The molecule has 2 amide bonds. The van der Waals surface area contributed by atoms with Crippen LogP contribution in [0.1, 0.15) is 54.0 Å². The fourth-order valence-corrected chi connectivity index (χ4v) is 4.69. The minimum absolute atomic E-state index is 0.0576. The van der Waals surface area contributed by atoms with Crippen LogP contribution in [-0.2, 0) is 4.79 Å². The van der Waals surface area contributed by atoms with E-state index in [2.05, 4.69) is 16.8 Å². The number of aryl methyl sites for hydroxylation is 2. The molecule has 0 bridgehead atoms. The standard InChI is InChI=1S/C21H31N3O3/c1-15-12-18(16(2)27-15)20(26)24-11-10-22(3)21(14-24)7-6-19(25)23(9-8-21)13-17-4-5-17/h12,17H,4-11,13-14H2,1-3H3/t21-/m0/s1. The Morgan fingerprint density at radius 2 is 2.00 bits per heavy atom. The Hall–Kier alpha value is -1.82. The Morgan fingerprint density at radius 3 is 2.67 bits per heavy atom. The number of likely N-dealkylation sites (tertiary alicyclic amines) is 1. The fraction of sp³-hybridized carbons (Fsp3) is 0.714. The van der Waals surface area contributed by atoms with E-state index in [1.165, 1.54) is 12.8 Å². The quantitative estimate of drug-likeness (QED) is 0.817. The SMILES string of the molecule is Cc1cc(C(=O)N2CCN(C)[C@]3(CCC(=O)N(CC4CC4)CC3)C2)c(C)o1. The molecule has 27 heavy (non-hydrogen) atoms. The maximum atomic E-state index is 13.1. The van der Waals surface area contributed by atoms with Crippen molar-refractivity contribution in [1.29, 1.82) is 0 Å². The number of carbonyl (C=O) groups is 2. The molecule has 0 aromatic carbocycles. The highest BCUT2D eigenvalue weighted by Gasteiger charge is 2.44. The van der Waals surface area contributed by atoms with Crippen molar-refractivity contribution in [1.82, 2.24) is 14.7 Å². The predicted octanol–water partition coefficient (Wildman–Crippen LogP) is 2.45. The molecule has 1 atom stereocenters. The molecule has 148 valence electrons. The lowest BCUT2D eigenvalue weighted by molar-refractivity contribution is -0.130. The first-order valence-corrected chi connectivity index (χ1v) is 10.2. The monoisotopic (exact) mass is 373 g/mol. The third-order valence-corrected chi connectivity index (χ3v) is 6.74. The summed E-state index contributed by atoms with van der Waals surface area (Å²) in [4.78, 5) is 32.1. The maximum Gasteiger partial charge on any atom is 0.257 e. The van der Waals surface area contributed by atoms with Gasteiger partial charge in [0, 0.05) is 44.7 Å². The normalized spacial score (nSPS) is 27.3. The third-order valence-electron chi connectivity index (χ3n) is 6.74. The van der Waals surface area contributed by atoms with Gasteiger partial charge in [0.25, 0.3) is 5.91 Å². The summed E-state index contributed by atoms with van der Waals surface area (Å²) >= 11 is 0. The molecule has 0 N–H and O–H groups in total. The molecule has 0 radical (unpaired) electrons. The zero-order valence-electron chi connectivity index (χ0n) is 16.8. The summed E-state index contributed by atoms with van der Waals surface area (Å²) in [6, 6.07) is 1.84. The second-order valence-corrected chi connectivity index (χ2v) is 8.73. The van der Waals surface area contributed by atoms with Gasteiger partial charge in [-0.25, -0.2) is 0 Å². The lowest BCUT2D eigenvalue weighted by Crippen LogP contribution is -2.62. The number of nitrogens with zero attached hydrogens (tertiary/aromatic N) is 3. The fourth-order valence-electron chi connectivity index (χ4n) is 4.69. The summed E-state index contributed by atoms with van der Waals surface area (Å²) in [6.07, 6.45) is 4.88. The zero-order chi connectivity index (χ0) is 19.2. The molecule has 2 saturated heterocycles. The Morgan fingerprint density at radius 1 is 1.22 bits per heavy atom. The van der Waals surface area contributed by atoms with Crippen LogP contribution in [0.2, 0.25) is 0 Å². The molecule has 4 rings (SSSR count). The van der Waals surface area contributed by atoms with E-state index in [1.807, 2.05) is 24.8 Å². The number of hydrogen-bond acceptors (Lipinski definition) is 4. The van der Waals surface area contributed by atoms with Crippen LogP contribution in [0.5, 0.6) is 0 Å². The van der Waals surface area contributed by atoms with Gasteiger partial charge in [0.1, 0.15) is 11.5 Å². The summed E-state index contributed by atoms with van der Waals surface area (Å²) in [5.74, 6) is 2.53. The van der Waals surface area contributed by atoms with Crippen molar-refractivity contribution < 1.29 is 14.0 Å². The van der Waals surface area contributed by atoms with Gasteiger partial charge in [-0.1, -0.05) is 0 Å². The number of likely N-dealkylation sites (N-methyl/N-ethyl adjacent to an activating group) is 1. The Labute approximate surface area is 161 Å². The first-order valence-electron chi connectivity index (χ1n) is 10.2. The van der Waals surface area contributed by atoms with E-state index in [0.29, 0.717) is 24.3 Å². The smallest absolute Gasteiger partial charge is 0.257 e. The highest BCUT2D eigenvalue weighted by molar-refractivity contribution is 5.95. The van der Waals surface area contributed by atoms with E-state index in [0.717, 1.165) is 50.7 Å². The average molecular weight is 373 g/mol. The largest absolute Gasteiger partial charge is 0.466 e. The van der Waals surface area contributed by atoms with Gasteiger partial charge in [-0.15, -0.1) is 0 Å². The van der Waals surface area contributed by atoms with Crippen LogP contribution in [0.25, 0.3) is 0 Å². The number of piperazine rings is 1. The molecule has 3 heterocycles. The Balaban J connectivity index is 1.50. The number of rotatable bonds is 3. The molecule has 1 aromatic heterocycles. The van der Waals surface area contributed by atoms with E-state index in [4.69, 9.17) is 4.42 Å². The minimum Gasteiger partial charge on any atom is -0.466 e.